The molecule has 0 N–H and O–H groups in total. The molecule has 1 rings (SSSR count). The lowest BCUT2D eigenvalue weighted by molar-refractivity contribution is 1.29. The second-order valence-corrected chi connectivity index (χ2v) is 10.0. The van der Waals surface area contributed by atoms with E-state index in [9.17, 15) is 0 Å². The SMILES string of the molecule is C[Si](C)(C)c1ccc(C#CCCCl)cc1. The van der Waals surface area contributed by atoms with Gasteiger partial charge in [0, 0.05) is 17.9 Å². The first kappa shape index (κ1) is 12.4. The van der Waals surface area contributed by atoms with Crippen molar-refractivity contribution in [3.8, 4) is 11.8 Å². The highest BCUT2D eigenvalue weighted by molar-refractivity contribution is 6.88. The van der Waals surface area contributed by atoms with Gasteiger partial charge < -0.3 is 0 Å². The molecule has 0 radical (unpaired) electrons. The zero-order chi connectivity index (χ0) is 11.3. The Hall–Kier alpha value is -0.713. The van der Waals surface area contributed by atoms with Crippen molar-refractivity contribution in [1.82, 2.24) is 0 Å². The van der Waals surface area contributed by atoms with Gasteiger partial charge in [-0.1, -0.05) is 48.8 Å². The Kier molecular flexibility index (Phi) is 4.44. The van der Waals surface area contributed by atoms with Gasteiger partial charge in [-0.25, -0.2) is 0 Å². The summed E-state index contributed by atoms with van der Waals surface area (Å²) in [5, 5.41) is 1.48. The van der Waals surface area contributed by atoms with Gasteiger partial charge in [0.2, 0.25) is 0 Å². The molecule has 0 atom stereocenters. The van der Waals surface area contributed by atoms with Gasteiger partial charge in [0.05, 0.1) is 8.07 Å². The number of hydrogen-bond acceptors (Lipinski definition) is 0. The van der Waals surface area contributed by atoms with Gasteiger partial charge in [0.25, 0.3) is 0 Å². The maximum atomic E-state index is 5.56. The van der Waals surface area contributed by atoms with Crippen LogP contribution in [0.5, 0.6) is 0 Å². The predicted molar refractivity (Wildman–Crippen MR) is 71.6 cm³/mol. The Morgan fingerprint density at radius 2 is 1.73 bits per heavy atom. The molecule has 0 heterocycles. The highest BCUT2D eigenvalue weighted by Gasteiger charge is 2.15. The van der Waals surface area contributed by atoms with Gasteiger partial charge in [-0.3, -0.25) is 0 Å². The molecular formula is C13H17ClSi. The Balaban J connectivity index is 2.79. The largest absolute Gasteiger partial charge is 0.126 e. The van der Waals surface area contributed by atoms with Crippen LogP contribution in [0.15, 0.2) is 24.3 Å². The number of benzene rings is 1. The maximum absolute atomic E-state index is 5.56. The van der Waals surface area contributed by atoms with Crippen LogP contribution in [0.1, 0.15) is 12.0 Å². The van der Waals surface area contributed by atoms with Gasteiger partial charge in [-0.2, -0.15) is 0 Å². The molecule has 0 saturated carbocycles. The first-order chi connectivity index (χ1) is 7.04. The summed E-state index contributed by atoms with van der Waals surface area (Å²) in [4.78, 5) is 0. The number of halogens is 1. The fraction of sp³-hybridized carbons (Fsp3) is 0.385. The van der Waals surface area contributed by atoms with E-state index in [1.165, 1.54) is 5.19 Å². The summed E-state index contributed by atoms with van der Waals surface area (Å²) in [5.41, 5.74) is 1.09. The Morgan fingerprint density at radius 1 is 1.13 bits per heavy atom. The van der Waals surface area contributed by atoms with E-state index in [1.807, 2.05) is 0 Å². The van der Waals surface area contributed by atoms with E-state index in [4.69, 9.17) is 11.6 Å². The first-order valence-electron chi connectivity index (χ1n) is 5.19. The maximum Gasteiger partial charge on any atom is 0.0775 e. The quantitative estimate of drug-likeness (QED) is 0.420. The molecule has 2 heteroatoms. The second kappa shape index (κ2) is 5.39. The van der Waals surface area contributed by atoms with Crippen LogP contribution in [-0.2, 0) is 0 Å². The minimum Gasteiger partial charge on any atom is -0.126 e. The van der Waals surface area contributed by atoms with Gasteiger partial charge >= 0.3 is 0 Å². The van der Waals surface area contributed by atoms with Crippen molar-refractivity contribution < 1.29 is 0 Å². The van der Waals surface area contributed by atoms with E-state index >= 15 is 0 Å². The molecule has 80 valence electrons. The lowest BCUT2D eigenvalue weighted by atomic mass is 10.2. The van der Waals surface area contributed by atoms with Crippen LogP contribution in [0.25, 0.3) is 0 Å². The van der Waals surface area contributed by atoms with Crippen LogP contribution in [0, 0.1) is 11.8 Å². The topological polar surface area (TPSA) is 0 Å². The molecule has 0 bridgehead atoms. The summed E-state index contributed by atoms with van der Waals surface area (Å²) >= 11 is 5.56. The third-order valence-corrected chi connectivity index (χ3v) is 4.46. The Morgan fingerprint density at radius 3 is 2.20 bits per heavy atom. The molecule has 0 amide bonds. The van der Waals surface area contributed by atoms with E-state index in [0.29, 0.717) is 5.88 Å². The average molecular weight is 237 g/mol. The number of rotatable bonds is 2. The zero-order valence-electron chi connectivity index (χ0n) is 9.60. The molecule has 1 aromatic carbocycles. The molecule has 0 aliphatic heterocycles. The van der Waals surface area contributed by atoms with Crippen molar-refractivity contribution in [3.05, 3.63) is 29.8 Å². The van der Waals surface area contributed by atoms with Crippen LogP contribution in [0.3, 0.4) is 0 Å². The lowest BCUT2D eigenvalue weighted by Gasteiger charge is -2.15. The van der Waals surface area contributed by atoms with Gasteiger partial charge in [-0.05, 0) is 12.1 Å². The molecule has 0 fully saturated rings. The molecule has 1 aromatic rings. The van der Waals surface area contributed by atoms with Crippen molar-refractivity contribution >= 4 is 24.9 Å². The van der Waals surface area contributed by atoms with E-state index in [2.05, 4.69) is 55.7 Å². The molecule has 0 aromatic heterocycles. The normalized spacial score (nSPS) is 10.7. The number of hydrogen-bond donors (Lipinski definition) is 0. The van der Waals surface area contributed by atoms with Crippen molar-refractivity contribution in [2.75, 3.05) is 5.88 Å². The number of alkyl halides is 1. The lowest BCUT2D eigenvalue weighted by Crippen LogP contribution is -2.37. The highest BCUT2D eigenvalue weighted by Crippen LogP contribution is 2.03. The fourth-order valence-electron chi connectivity index (χ4n) is 1.27. The van der Waals surface area contributed by atoms with Crippen LogP contribution in [0.4, 0.5) is 0 Å². The van der Waals surface area contributed by atoms with E-state index < -0.39 is 8.07 Å². The third-order valence-electron chi connectivity index (χ3n) is 2.20. The van der Waals surface area contributed by atoms with Crippen LogP contribution < -0.4 is 5.19 Å². The summed E-state index contributed by atoms with van der Waals surface area (Å²) in [5.74, 6) is 6.76. The van der Waals surface area contributed by atoms with Crippen molar-refractivity contribution in [2.45, 2.75) is 26.1 Å². The molecule has 0 nitrogen and oxygen atoms in total. The Bertz CT molecular complexity index is 362. The summed E-state index contributed by atoms with van der Waals surface area (Å²) in [6.07, 6.45) is 0.761. The van der Waals surface area contributed by atoms with Crippen molar-refractivity contribution in [1.29, 1.82) is 0 Å². The summed E-state index contributed by atoms with van der Waals surface area (Å²) in [6.45, 7) is 7.05. The molecular weight excluding hydrogens is 220 g/mol. The standard InChI is InChI=1S/C13H17ClSi/c1-15(2,3)13-9-7-12(8-10-13)6-4-5-11-14/h7-10H,5,11H2,1-3H3. The molecule has 15 heavy (non-hydrogen) atoms. The van der Waals surface area contributed by atoms with Crippen LogP contribution in [0.2, 0.25) is 19.6 Å². The summed E-state index contributed by atoms with van der Waals surface area (Å²) < 4.78 is 0. The average Bonchev–Trinajstić information content (AvgIpc) is 2.18. The zero-order valence-corrected chi connectivity index (χ0v) is 11.4. The smallest absolute Gasteiger partial charge is 0.0775 e. The molecule has 0 aliphatic rings. The van der Waals surface area contributed by atoms with E-state index in [-0.39, 0.29) is 0 Å². The van der Waals surface area contributed by atoms with E-state index in [0.717, 1.165) is 12.0 Å². The molecule has 0 saturated heterocycles. The van der Waals surface area contributed by atoms with Crippen LogP contribution in [-0.4, -0.2) is 14.0 Å². The second-order valence-electron chi connectivity index (χ2n) is 4.57. The Labute approximate surface area is 98.7 Å². The minimum absolute atomic E-state index is 0.611. The van der Waals surface area contributed by atoms with Crippen molar-refractivity contribution in [2.24, 2.45) is 0 Å². The predicted octanol–water partition coefficient (Wildman–Crippen LogP) is 3.21. The fourth-order valence-corrected chi connectivity index (χ4v) is 2.53. The summed E-state index contributed by atoms with van der Waals surface area (Å²) in [6, 6.07) is 8.62. The van der Waals surface area contributed by atoms with Gasteiger partial charge in [0.1, 0.15) is 0 Å². The first-order valence-corrected chi connectivity index (χ1v) is 9.23. The molecule has 0 spiro atoms. The van der Waals surface area contributed by atoms with Crippen molar-refractivity contribution in [3.63, 3.8) is 0 Å². The summed E-state index contributed by atoms with van der Waals surface area (Å²) in [7, 11) is -1.16. The van der Waals surface area contributed by atoms with Gasteiger partial charge in [0.15, 0.2) is 0 Å². The highest BCUT2D eigenvalue weighted by atomic mass is 35.5. The molecule has 0 unspecified atom stereocenters. The van der Waals surface area contributed by atoms with E-state index in [1.54, 1.807) is 0 Å². The monoisotopic (exact) mass is 236 g/mol. The van der Waals surface area contributed by atoms with Crippen LogP contribution >= 0.6 is 11.6 Å². The molecule has 0 aliphatic carbocycles. The minimum atomic E-state index is -1.16. The third kappa shape index (κ3) is 4.11. The van der Waals surface area contributed by atoms with Gasteiger partial charge in [-0.15, -0.1) is 11.6 Å².